The van der Waals surface area contributed by atoms with Crippen LogP contribution in [0.1, 0.15) is 5.56 Å². The lowest BCUT2D eigenvalue weighted by molar-refractivity contribution is -0.119. The monoisotopic (exact) mass is 288 g/mol. The predicted molar refractivity (Wildman–Crippen MR) is 80.7 cm³/mol. The zero-order chi connectivity index (χ0) is 15.1. The topological polar surface area (TPSA) is 50.4 Å². The van der Waals surface area contributed by atoms with Crippen molar-refractivity contribution in [3.05, 3.63) is 59.9 Å². The van der Waals surface area contributed by atoms with Gasteiger partial charge in [-0.05, 0) is 29.8 Å². The summed E-state index contributed by atoms with van der Waals surface area (Å²) in [5.41, 5.74) is 2.43. The van der Waals surface area contributed by atoms with Crippen molar-refractivity contribution >= 4 is 17.3 Å². The number of nitrogens with one attached hydrogen (secondary N) is 2. The van der Waals surface area contributed by atoms with Gasteiger partial charge >= 0.3 is 0 Å². The Morgan fingerprint density at radius 2 is 1.76 bits per heavy atom. The van der Waals surface area contributed by atoms with E-state index in [-0.39, 0.29) is 18.3 Å². The summed E-state index contributed by atoms with van der Waals surface area (Å²) in [5.74, 6) is -0.473. The van der Waals surface area contributed by atoms with E-state index in [0.29, 0.717) is 12.2 Å². The van der Waals surface area contributed by atoms with Crippen LogP contribution in [0.25, 0.3) is 0 Å². The molecular weight excluding hydrogens is 271 g/mol. The van der Waals surface area contributed by atoms with Crippen LogP contribution in [0.2, 0.25) is 0 Å². The molecule has 0 aliphatic heterocycles. The molecule has 2 aromatic carbocycles. The summed E-state index contributed by atoms with van der Waals surface area (Å²) < 4.78 is 17.6. The first kappa shape index (κ1) is 15.0. The van der Waals surface area contributed by atoms with Gasteiger partial charge in [0.05, 0.1) is 11.4 Å². The Kier molecular flexibility index (Phi) is 5.29. The smallest absolute Gasteiger partial charge is 0.250 e. The van der Waals surface area contributed by atoms with E-state index in [9.17, 15) is 9.18 Å². The lowest BCUT2D eigenvalue weighted by atomic mass is 10.2. The van der Waals surface area contributed by atoms with Gasteiger partial charge in [-0.15, -0.1) is 0 Å². The molecule has 2 aromatic rings. The van der Waals surface area contributed by atoms with E-state index in [0.717, 1.165) is 11.3 Å². The molecule has 2 rings (SSSR count). The molecule has 2 N–H and O–H groups in total. The van der Waals surface area contributed by atoms with E-state index >= 15 is 0 Å². The van der Waals surface area contributed by atoms with Gasteiger partial charge in [0.15, 0.2) is 0 Å². The average molecular weight is 288 g/mol. The van der Waals surface area contributed by atoms with Crippen LogP contribution in [-0.4, -0.2) is 19.6 Å². The van der Waals surface area contributed by atoms with Gasteiger partial charge in [-0.2, -0.15) is 0 Å². The Labute approximate surface area is 122 Å². The first-order valence-corrected chi connectivity index (χ1v) is 6.55. The fourth-order valence-electron chi connectivity index (χ4n) is 1.86. The van der Waals surface area contributed by atoms with Crippen molar-refractivity contribution in [1.29, 1.82) is 0 Å². The highest BCUT2D eigenvalue weighted by Crippen LogP contribution is 2.21. The molecular formula is C16H17FN2O2. The molecule has 4 nitrogen and oxygen atoms in total. The number of amides is 1. The van der Waals surface area contributed by atoms with E-state index in [1.165, 1.54) is 19.2 Å². The van der Waals surface area contributed by atoms with Crippen LogP contribution in [0.15, 0.2) is 48.5 Å². The van der Waals surface area contributed by atoms with Crippen LogP contribution < -0.4 is 10.6 Å². The number of benzene rings is 2. The van der Waals surface area contributed by atoms with Crippen LogP contribution >= 0.6 is 0 Å². The van der Waals surface area contributed by atoms with Gasteiger partial charge in [0.1, 0.15) is 12.4 Å². The van der Waals surface area contributed by atoms with Gasteiger partial charge in [0.2, 0.25) is 5.91 Å². The maximum Gasteiger partial charge on any atom is 0.250 e. The third kappa shape index (κ3) is 4.57. The summed E-state index contributed by atoms with van der Waals surface area (Å²) in [5, 5.41) is 5.99. The Bertz CT molecular complexity index is 599. The van der Waals surface area contributed by atoms with Crippen molar-refractivity contribution in [3.8, 4) is 0 Å². The number of methoxy groups -OCH3 is 1. The first-order valence-electron chi connectivity index (χ1n) is 6.55. The van der Waals surface area contributed by atoms with Crippen molar-refractivity contribution < 1.29 is 13.9 Å². The molecule has 1 amide bonds. The molecule has 0 radical (unpaired) electrons. The predicted octanol–water partition coefficient (Wildman–Crippen LogP) is 3.02. The van der Waals surface area contributed by atoms with E-state index in [1.807, 2.05) is 18.2 Å². The molecule has 0 aliphatic carbocycles. The molecule has 0 saturated heterocycles. The highest BCUT2D eigenvalue weighted by molar-refractivity contribution is 5.94. The molecule has 0 unspecified atom stereocenters. The third-order valence-corrected chi connectivity index (χ3v) is 2.87. The minimum atomic E-state index is -0.258. The zero-order valence-corrected chi connectivity index (χ0v) is 11.7. The molecule has 110 valence electrons. The molecule has 0 heterocycles. The molecule has 21 heavy (non-hydrogen) atoms. The fraction of sp³-hybridized carbons (Fsp3) is 0.188. The minimum absolute atomic E-state index is 0.00625. The zero-order valence-electron chi connectivity index (χ0n) is 11.7. The standard InChI is InChI=1S/C16H17FN2O2/c1-21-11-16(20)19-15-5-3-2-4-14(15)18-10-12-6-8-13(17)9-7-12/h2-9,18H,10-11H2,1H3,(H,19,20). The average Bonchev–Trinajstić information content (AvgIpc) is 2.48. The van der Waals surface area contributed by atoms with E-state index in [4.69, 9.17) is 4.74 Å². The van der Waals surface area contributed by atoms with Crippen molar-refractivity contribution in [2.24, 2.45) is 0 Å². The van der Waals surface area contributed by atoms with Gasteiger partial charge in [-0.25, -0.2) is 4.39 Å². The quantitative estimate of drug-likeness (QED) is 0.859. The summed E-state index contributed by atoms with van der Waals surface area (Å²) in [7, 11) is 1.47. The number of hydrogen-bond acceptors (Lipinski definition) is 3. The van der Waals surface area contributed by atoms with Crippen molar-refractivity contribution in [2.45, 2.75) is 6.54 Å². The van der Waals surface area contributed by atoms with Gasteiger partial charge < -0.3 is 15.4 Å². The number of para-hydroxylation sites is 2. The van der Waals surface area contributed by atoms with Crippen molar-refractivity contribution in [3.63, 3.8) is 0 Å². The second-order valence-electron chi connectivity index (χ2n) is 4.51. The first-order chi connectivity index (χ1) is 10.2. The number of ether oxygens (including phenoxy) is 1. The number of halogens is 1. The minimum Gasteiger partial charge on any atom is -0.379 e. The SMILES string of the molecule is COCC(=O)Nc1ccccc1NCc1ccc(F)cc1. The lowest BCUT2D eigenvalue weighted by Gasteiger charge is -2.13. The Hall–Kier alpha value is -2.40. The summed E-state index contributed by atoms with van der Waals surface area (Å²) in [6.45, 7) is 0.545. The molecule has 5 heteroatoms. The van der Waals surface area contributed by atoms with Crippen molar-refractivity contribution in [1.82, 2.24) is 0 Å². The van der Waals surface area contributed by atoms with Crippen LogP contribution in [-0.2, 0) is 16.1 Å². The second kappa shape index (κ2) is 7.40. The number of carbonyl (C=O) groups excluding carboxylic acids is 1. The second-order valence-corrected chi connectivity index (χ2v) is 4.51. The summed E-state index contributed by atoms with van der Waals surface area (Å²) in [4.78, 5) is 11.6. The summed E-state index contributed by atoms with van der Waals surface area (Å²) in [6, 6.07) is 13.7. The number of carbonyl (C=O) groups is 1. The Balaban J connectivity index is 2.02. The molecule has 0 atom stereocenters. The van der Waals surface area contributed by atoms with Crippen LogP contribution in [0.5, 0.6) is 0 Å². The molecule has 0 aromatic heterocycles. The van der Waals surface area contributed by atoms with Crippen LogP contribution in [0.4, 0.5) is 15.8 Å². The van der Waals surface area contributed by atoms with Crippen LogP contribution in [0, 0.1) is 5.82 Å². The van der Waals surface area contributed by atoms with Gasteiger partial charge in [0.25, 0.3) is 0 Å². The largest absolute Gasteiger partial charge is 0.379 e. The lowest BCUT2D eigenvalue weighted by Crippen LogP contribution is -2.18. The third-order valence-electron chi connectivity index (χ3n) is 2.87. The van der Waals surface area contributed by atoms with Crippen LogP contribution in [0.3, 0.4) is 0 Å². The van der Waals surface area contributed by atoms with E-state index < -0.39 is 0 Å². The fourth-order valence-corrected chi connectivity index (χ4v) is 1.86. The van der Waals surface area contributed by atoms with E-state index in [1.54, 1.807) is 18.2 Å². The van der Waals surface area contributed by atoms with Gasteiger partial charge in [-0.3, -0.25) is 4.79 Å². The van der Waals surface area contributed by atoms with Gasteiger partial charge in [-0.1, -0.05) is 24.3 Å². The number of anilines is 2. The van der Waals surface area contributed by atoms with E-state index in [2.05, 4.69) is 10.6 Å². The summed E-state index contributed by atoms with van der Waals surface area (Å²) >= 11 is 0. The Morgan fingerprint density at radius 3 is 2.43 bits per heavy atom. The Morgan fingerprint density at radius 1 is 1.10 bits per heavy atom. The maximum absolute atomic E-state index is 12.9. The number of rotatable bonds is 6. The normalized spacial score (nSPS) is 10.2. The van der Waals surface area contributed by atoms with Crippen molar-refractivity contribution in [2.75, 3.05) is 24.4 Å². The highest BCUT2D eigenvalue weighted by atomic mass is 19.1. The summed E-state index contributed by atoms with van der Waals surface area (Å²) in [6.07, 6.45) is 0. The van der Waals surface area contributed by atoms with Gasteiger partial charge in [0, 0.05) is 13.7 Å². The number of hydrogen-bond donors (Lipinski definition) is 2. The molecule has 0 bridgehead atoms. The molecule has 0 fully saturated rings. The molecule has 0 aliphatic rings. The molecule has 0 saturated carbocycles. The highest BCUT2D eigenvalue weighted by Gasteiger charge is 2.06. The molecule has 0 spiro atoms. The maximum atomic E-state index is 12.9.